The Morgan fingerprint density at radius 3 is 2.83 bits per heavy atom. The highest BCUT2D eigenvalue weighted by atomic mass is 32.1. The molecule has 2 rings (SSSR count). The number of nitrogens with zero attached hydrogens (tertiary/aromatic N) is 2. The largest absolute Gasteiger partial charge is 0.325 e. The maximum Gasteiger partial charge on any atom is 0.210 e. The number of para-hydroxylation sites is 1. The quantitative estimate of drug-likeness (QED) is 0.338. The summed E-state index contributed by atoms with van der Waals surface area (Å²) in [5, 5.41) is 5.13. The number of nitrogens with two attached hydrogens (primary N) is 1. The monoisotopic (exact) mass is 261 g/mol. The summed E-state index contributed by atoms with van der Waals surface area (Å²) in [7, 11) is 0. The third-order valence-corrected chi connectivity index (χ3v) is 2.93. The van der Waals surface area contributed by atoms with Crippen LogP contribution in [0.1, 0.15) is 5.69 Å². The first-order valence-electron chi connectivity index (χ1n) is 5.58. The molecule has 0 bridgehead atoms. The molecule has 0 saturated carbocycles. The molecule has 18 heavy (non-hydrogen) atoms. The summed E-state index contributed by atoms with van der Waals surface area (Å²) in [4.78, 5) is 8.55. The third kappa shape index (κ3) is 3.83. The maximum absolute atomic E-state index is 5.42. The minimum absolute atomic E-state index is 0.552. The van der Waals surface area contributed by atoms with Crippen LogP contribution >= 0.6 is 11.3 Å². The highest BCUT2D eigenvalue weighted by molar-refractivity contribution is 7.07. The fourth-order valence-corrected chi connectivity index (χ4v) is 2.02. The van der Waals surface area contributed by atoms with Crippen molar-refractivity contribution in [1.29, 1.82) is 0 Å². The Morgan fingerprint density at radius 1 is 1.33 bits per heavy atom. The average molecular weight is 261 g/mol. The van der Waals surface area contributed by atoms with Crippen LogP contribution in [0.3, 0.4) is 0 Å². The van der Waals surface area contributed by atoms with Crippen molar-refractivity contribution in [3.05, 3.63) is 46.9 Å². The van der Waals surface area contributed by atoms with Crippen LogP contribution in [0, 0.1) is 0 Å². The van der Waals surface area contributed by atoms with Crippen LogP contribution < -0.4 is 16.6 Å². The van der Waals surface area contributed by atoms with Crippen molar-refractivity contribution < 1.29 is 0 Å². The van der Waals surface area contributed by atoms with Crippen molar-refractivity contribution in [2.75, 3.05) is 11.9 Å². The lowest BCUT2D eigenvalue weighted by Crippen LogP contribution is -2.36. The molecular weight excluding hydrogens is 246 g/mol. The Bertz CT molecular complexity index is 480. The molecule has 94 valence electrons. The lowest BCUT2D eigenvalue weighted by Gasteiger charge is -2.08. The number of hydrogen-bond donors (Lipinski definition) is 3. The molecule has 4 N–H and O–H groups in total. The number of benzene rings is 1. The summed E-state index contributed by atoms with van der Waals surface area (Å²) in [5.74, 6) is 5.98. The summed E-state index contributed by atoms with van der Waals surface area (Å²) in [5.41, 5.74) is 6.38. The van der Waals surface area contributed by atoms with Crippen LogP contribution in [0.2, 0.25) is 0 Å². The Balaban J connectivity index is 1.88. The molecule has 0 saturated heterocycles. The SMILES string of the molecule is NNC(=NCCc1cscn1)Nc1ccccc1. The van der Waals surface area contributed by atoms with Crippen molar-refractivity contribution in [3.63, 3.8) is 0 Å². The van der Waals surface area contributed by atoms with E-state index in [1.165, 1.54) is 0 Å². The molecule has 0 aliphatic heterocycles. The zero-order valence-electron chi connectivity index (χ0n) is 9.84. The minimum Gasteiger partial charge on any atom is -0.325 e. The molecule has 2 aromatic rings. The number of thiazole rings is 1. The zero-order valence-corrected chi connectivity index (χ0v) is 10.7. The molecule has 1 aromatic carbocycles. The molecule has 0 aliphatic carbocycles. The molecule has 0 unspecified atom stereocenters. The zero-order chi connectivity index (χ0) is 12.6. The Hall–Kier alpha value is -1.92. The second-order valence-electron chi connectivity index (χ2n) is 3.60. The number of anilines is 1. The second kappa shape index (κ2) is 6.73. The smallest absolute Gasteiger partial charge is 0.210 e. The van der Waals surface area contributed by atoms with Gasteiger partial charge in [-0.05, 0) is 12.1 Å². The van der Waals surface area contributed by atoms with Crippen LogP contribution in [0.5, 0.6) is 0 Å². The molecule has 1 heterocycles. The number of guanidine groups is 1. The number of rotatable bonds is 4. The van der Waals surface area contributed by atoms with Gasteiger partial charge in [0.1, 0.15) is 0 Å². The van der Waals surface area contributed by atoms with Gasteiger partial charge in [-0.15, -0.1) is 11.3 Å². The number of hydrogen-bond acceptors (Lipinski definition) is 4. The first-order valence-corrected chi connectivity index (χ1v) is 6.53. The molecule has 1 aromatic heterocycles. The summed E-state index contributed by atoms with van der Waals surface area (Å²) >= 11 is 1.59. The molecule has 0 aliphatic rings. The van der Waals surface area contributed by atoms with E-state index >= 15 is 0 Å². The number of nitrogens with one attached hydrogen (secondary N) is 2. The Kier molecular flexibility index (Phi) is 4.68. The Morgan fingerprint density at radius 2 is 2.17 bits per heavy atom. The summed E-state index contributed by atoms with van der Waals surface area (Å²) in [6.45, 7) is 0.642. The van der Waals surface area contributed by atoms with E-state index in [1.54, 1.807) is 11.3 Å². The standard InChI is InChI=1S/C12H15N5S/c13-17-12(16-10-4-2-1-3-5-10)14-7-6-11-8-18-9-15-11/h1-5,8-9H,6-7,13H2,(H2,14,16,17). The van der Waals surface area contributed by atoms with E-state index in [4.69, 9.17) is 5.84 Å². The fourth-order valence-electron chi connectivity index (χ4n) is 1.42. The van der Waals surface area contributed by atoms with E-state index in [1.807, 2.05) is 41.2 Å². The van der Waals surface area contributed by atoms with E-state index < -0.39 is 0 Å². The second-order valence-corrected chi connectivity index (χ2v) is 4.31. The summed E-state index contributed by atoms with van der Waals surface area (Å²) in [6, 6.07) is 9.76. The molecule has 0 atom stereocenters. The van der Waals surface area contributed by atoms with Crippen molar-refractivity contribution in [2.24, 2.45) is 10.8 Å². The molecule has 0 amide bonds. The van der Waals surface area contributed by atoms with Gasteiger partial charge in [0.05, 0.1) is 11.2 Å². The third-order valence-electron chi connectivity index (χ3n) is 2.29. The Labute approximate surface area is 110 Å². The van der Waals surface area contributed by atoms with Gasteiger partial charge in [-0.25, -0.2) is 10.8 Å². The predicted molar refractivity (Wildman–Crippen MR) is 75.5 cm³/mol. The van der Waals surface area contributed by atoms with E-state index in [0.717, 1.165) is 17.8 Å². The summed E-state index contributed by atoms with van der Waals surface area (Å²) in [6.07, 6.45) is 0.811. The van der Waals surface area contributed by atoms with Gasteiger partial charge in [0.25, 0.3) is 0 Å². The molecular formula is C12H15N5S. The van der Waals surface area contributed by atoms with Gasteiger partial charge in [-0.1, -0.05) is 18.2 Å². The van der Waals surface area contributed by atoms with Crippen molar-refractivity contribution in [2.45, 2.75) is 6.42 Å². The normalized spacial score (nSPS) is 11.3. The molecule has 0 radical (unpaired) electrons. The van der Waals surface area contributed by atoms with Gasteiger partial charge in [0.15, 0.2) is 0 Å². The van der Waals surface area contributed by atoms with Crippen molar-refractivity contribution >= 4 is 23.0 Å². The van der Waals surface area contributed by atoms with E-state index in [-0.39, 0.29) is 0 Å². The minimum atomic E-state index is 0.552. The van der Waals surface area contributed by atoms with Crippen LogP contribution in [-0.2, 0) is 6.42 Å². The fraction of sp³-hybridized carbons (Fsp3) is 0.167. The van der Waals surface area contributed by atoms with Crippen molar-refractivity contribution in [3.8, 4) is 0 Å². The first-order chi connectivity index (χ1) is 8.88. The van der Waals surface area contributed by atoms with Gasteiger partial charge in [0.2, 0.25) is 5.96 Å². The van der Waals surface area contributed by atoms with E-state index in [2.05, 4.69) is 20.7 Å². The van der Waals surface area contributed by atoms with Crippen molar-refractivity contribution in [1.82, 2.24) is 10.4 Å². The first kappa shape index (κ1) is 12.5. The van der Waals surface area contributed by atoms with Gasteiger partial charge in [-0.2, -0.15) is 0 Å². The molecule has 6 heteroatoms. The van der Waals surface area contributed by atoms with Crippen LogP contribution in [0.15, 0.2) is 46.2 Å². The molecule has 0 fully saturated rings. The van der Waals surface area contributed by atoms with E-state index in [0.29, 0.717) is 12.5 Å². The topological polar surface area (TPSA) is 75.3 Å². The average Bonchev–Trinajstić information content (AvgIpc) is 2.92. The lowest BCUT2D eigenvalue weighted by molar-refractivity contribution is 0.909. The highest BCUT2D eigenvalue weighted by Crippen LogP contribution is 2.05. The molecule has 0 spiro atoms. The molecule has 5 nitrogen and oxygen atoms in total. The number of hydrazine groups is 1. The maximum atomic E-state index is 5.42. The van der Waals surface area contributed by atoms with Gasteiger partial charge >= 0.3 is 0 Å². The summed E-state index contributed by atoms with van der Waals surface area (Å²) < 4.78 is 0. The van der Waals surface area contributed by atoms with Gasteiger partial charge in [0, 0.05) is 24.0 Å². The van der Waals surface area contributed by atoms with E-state index in [9.17, 15) is 0 Å². The van der Waals surface area contributed by atoms with Crippen LogP contribution in [-0.4, -0.2) is 17.5 Å². The predicted octanol–water partition coefficient (Wildman–Crippen LogP) is 1.62. The van der Waals surface area contributed by atoms with Gasteiger partial charge in [-0.3, -0.25) is 10.4 Å². The highest BCUT2D eigenvalue weighted by Gasteiger charge is 1.98. The van der Waals surface area contributed by atoms with Gasteiger partial charge < -0.3 is 5.32 Å². The number of aromatic nitrogens is 1. The van der Waals surface area contributed by atoms with Crippen LogP contribution in [0.25, 0.3) is 0 Å². The van der Waals surface area contributed by atoms with Crippen LogP contribution in [0.4, 0.5) is 5.69 Å². The number of aliphatic imine (C=N–C) groups is 1. The lowest BCUT2D eigenvalue weighted by atomic mass is 10.3.